The number of carbonyl (C=O) groups excluding carboxylic acids is 1. The van der Waals surface area contributed by atoms with Crippen LogP contribution >= 0.6 is 0 Å². The Morgan fingerprint density at radius 2 is 1.68 bits per heavy atom. The highest BCUT2D eigenvalue weighted by Gasteiger charge is 2.29. The first-order valence-corrected chi connectivity index (χ1v) is 12.1. The Hall–Kier alpha value is -2.60. The fraction of sp³-hybridized carbons (Fsp3) is 0.571. The largest absolute Gasteiger partial charge is 0.508 e. The van der Waals surface area contributed by atoms with E-state index in [1.165, 1.54) is 0 Å². The number of phenols is 1. The lowest BCUT2D eigenvalue weighted by Gasteiger charge is -2.40. The van der Waals surface area contributed by atoms with Gasteiger partial charge in [-0.3, -0.25) is 9.78 Å². The van der Waals surface area contributed by atoms with E-state index in [9.17, 15) is 9.90 Å². The van der Waals surface area contributed by atoms with Crippen LogP contribution in [-0.2, 0) is 16.0 Å². The number of phenolic OH excluding ortho intramolecular Hbond substituents is 1. The van der Waals surface area contributed by atoms with Gasteiger partial charge in [0.15, 0.2) is 0 Å². The van der Waals surface area contributed by atoms with Gasteiger partial charge in [-0.1, -0.05) is 26.0 Å². The van der Waals surface area contributed by atoms with Crippen LogP contribution < -0.4 is 4.90 Å². The minimum atomic E-state index is -0.500. The summed E-state index contributed by atoms with van der Waals surface area (Å²) in [6.07, 6.45) is 4.14. The maximum absolute atomic E-state index is 12.5. The Morgan fingerprint density at radius 1 is 1.15 bits per heavy atom. The molecule has 1 saturated heterocycles. The molecule has 2 aromatic rings. The highest BCUT2D eigenvalue weighted by atomic mass is 16.5. The standard InChI is InChI=1S/C24H32N2O3.C4H10O/c1-16(2)29-22(28)14-20-17(3)25-15-21(18-6-8-19(27)9-7-18)23(20)26-12-10-24(4,5)11-13-26;1-4(2,3)5/h6-9,15-16,27H,10-14H2,1-5H3;5H,1-3H3. The van der Waals surface area contributed by atoms with Gasteiger partial charge >= 0.3 is 5.97 Å². The minimum Gasteiger partial charge on any atom is -0.508 e. The number of piperidine rings is 1. The van der Waals surface area contributed by atoms with Crippen molar-refractivity contribution >= 4 is 11.7 Å². The van der Waals surface area contributed by atoms with Gasteiger partial charge in [0.1, 0.15) is 5.75 Å². The van der Waals surface area contributed by atoms with Gasteiger partial charge in [0.05, 0.1) is 23.8 Å². The smallest absolute Gasteiger partial charge is 0.310 e. The Morgan fingerprint density at radius 3 is 2.18 bits per heavy atom. The molecule has 0 spiro atoms. The summed E-state index contributed by atoms with van der Waals surface area (Å²) < 4.78 is 5.43. The molecule has 1 aromatic carbocycles. The number of aromatic nitrogens is 1. The highest BCUT2D eigenvalue weighted by molar-refractivity contribution is 5.85. The molecule has 1 aliphatic heterocycles. The zero-order valence-corrected chi connectivity index (χ0v) is 22.1. The van der Waals surface area contributed by atoms with Crippen LogP contribution in [0.4, 0.5) is 5.69 Å². The molecule has 0 radical (unpaired) electrons. The van der Waals surface area contributed by atoms with Gasteiger partial charge in [-0.25, -0.2) is 0 Å². The van der Waals surface area contributed by atoms with Crippen molar-refractivity contribution in [2.24, 2.45) is 5.41 Å². The van der Waals surface area contributed by atoms with E-state index in [2.05, 4.69) is 23.7 Å². The van der Waals surface area contributed by atoms with Crippen molar-refractivity contribution in [3.8, 4) is 16.9 Å². The first kappa shape index (κ1) is 27.6. The van der Waals surface area contributed by atoms with Crippen molar-refractivity contribution in [3.63, 3.8) is 0 Å². The number of nitrogens with zero attached hydrogens (tertiary/aromatic N) is 2. The maximum atomic E-state index is 12.5. The van der Waals surface area contributed by atoms with Gasteiger partial charge in [0.25, 0.3) is 0 Å². The summed E-state index contributed by atoms with van der Waals surface area (Å²) in [5.41, 5.74) is 4.65. The Kier molecular flexibility index (Phi) is 9.12. The van der Waals surface area contributed by atoms with Crippen LogP contribution in [0.25, 0.3) is 11.1 Å². The van der Waals surface area contributed by atoms with Crippen LogP contribution in [-0.4, -0.2) is 46.0 Å². The van der Waals surface area contributed by atoms with Crippen LogP contribution in [0.5, 0.6) is 5.75 Å². The second-order valence-electron chi connectivity index (χ2n) is 11.2. The van der Waals surface area contributed by atoms with Crippen molar-refractivity contribution in [1.29, 1.82) is 0 Å². The van der Waals surface area contributed by atoms with Crippen molar-refractivity contribution in [3.05, 3.63) is 41.7 Å². The molecule has 0 amide bonds. The molecule has 0 saturated carbocycles. The predicted octanol–water partition coefficient (Wildman–Crippen LogP) is 5.66. The number of rotatable bonds is 5. The molecule has 6 nitrogen and oxygen atoms in total. The number of aryl methyl sites for hydroxylation is 1. The van der Waals surface area contributed by atoms with E-state index in [0.717, 1.165) is 54.0 Å². The third-order valence-corrected chi connectivity index (χ3v) is 5.66. The van der Waals surface area contributed by atoms with E-state index < -0.39 is 5.60 Å². The molecular formula is C28H42N2O4. The van der Waals surface area contributed by atoms with Crippen molar-refractivity contribution < 1.29 is 19.7 Å². The average Bonchev–Trinajstić information content (AvgIpc) is 2.69. The van der Waals surface area contributed by atoms with Crippen LogP contribution in [0.2, 0.25) is 0 Å². The molecule has 0 unspecified atom stereocenters. The number of aromatic hydroxyl groups is 1. The molecule has 1 aliphatic rings. The second kappa shape index (κ2) is 11.2. The summed E-state index contributed by atoms with van der Waals surface area (Å²) in [7, 11) is 0. The molecule has 1 aromatic heterocycles. The molecule has 188 valence electrons. The SMILES string of the molecule is CC(C)(C)O.Cc1ncc(-c2ccc(O)cc2)c(N2CCC(C)(C)CC2)c1CC(=O)OC(C)C. The lowest BCUT2D eigenvalue weighted by atomic mass is 9.82. The number of esters is 1. The van der Waals surface area contributed by atoms with Crippen LogP contribution in [0, 0.1) is 12.3 Å². The van der Waals surface area contributed by atoms with E-state index in [1.54, 1.807) is 32.9 Å². The third-order valence-electron chi connectivity index (χ3n) is 5.66. The summed E-state index contributed by atoms with van der Waals surface area (Å²) in [6, 6.07) is 7.17. The molecule has 1 fully saturated rings. The predicted molar refractivity (Wildman–Crippen MR) is 138 cm³/mol. The van der Waals surface area contributed by atoms with Crippen molar-refractivity contribution in [2.75, 3.05) is 18.0 Å². The van der Waals surface area contributed by atoms with Crippen LogP contribution in [0.15, 0.2) is 30.5 Å². The molecule has 0 atom stereocenters. The number of aliphatic hydroxyl groups is 1. The number of benzene rings is 1. The van der Waals surface area contributed by atoms with Gasteiger partial charge in [-0.05, 0) is 77.5 Å². The molecule has 2 heterocycles. The maximum Gasteiger partial charge on any atom is 0.310 e. The molecule has 0 aliphatic carbocycles. The summed E-state index contributed by atoms with van der Waals surface area (Å²) in [5.74, 6) is 0.00201. The van der Waals surface area contributed by atoms with Gasteiger partial charge < -0.3 is 19.8 Å². The summed E-state index contributed by atoms with van der Waals surface area (Å²) in [4.78, 5) is 19.5. The molecule has 0 bridgehead atoms. The van der Waals surface area contributed by atoms with E-state index in [1.807, 2.05) is 39.1 Å². The fourth-order valence-electron chi connectivity index (χ4n) is 3.84. The lowest BCUT2D eigenvalue weighted by Crippen LogP contribution is -2.38. The Labute approximate surface area is 205 Å². The van der Waals surface area contributed by atoms with Gasteiger partial charge in [-0.2, -0.15) is 0 Å². The zero-order valence-electron chi connectivity index (χ0n) is 22.1. The monoisotopic (exact) mass is 470 g/mol. The number of ether oxygens (including phenoxy) is 1. The summed E-state index contributed by atoms with van der Waals surface area (Å²) >= 11 is 0. The normalized spacial score (nSPS) is 15.5. The number of hydrogen-bond acceptors (Lipinski definition) is 6. The first-order valence-electron chi connectivity index (χ1n) is 12.1. The summed E-state index contributed by atoms with van der Waals surface area (Å²) in [5, 5.41) is 18.2. The number of anilines is 1. The molecule has 2 N–H and O–H groups in total. The average molecular weight is 471 g/mol. The quantitative estimate of drug-likeness (QED) is 0.549. The first-order chi connectivity index (χ1) is 15.7. The number of hydrogen-bond donors (Lipinski definition) is 2. The van der Waals surface area contributed by atoms with Crippen molar-refractivity contribution in [2.45, 2.75) is 86.4 Å². The topological polar surface area (TPSA) is 82.9 Å². The van der Waals surface area contributed by atoms with E-state index in [0.29, 0.717) is 5.41 Å². The Bertz CT molecular complexity index is 944. The second-order valence-corrected chi connectivity index (χ2v) is 11.2. The van der Waals surface area contributed by atoms with Crippen LogP contribution in [0.1, 0.15) is 72.6 Å². The van der Waals surface area contributed by atoms with Gasteiger partial charge in [0.2, 0.25) is 0 Å². The lowest BCUT2D eigenvalue weighted by molar-refractivity contribution is -0.146. The van der Waals surface area contributed by atoms with E-state index in [4.69, 9.17) is 9.84 Å². The Balaban J connectivity index is 0.000000739. The number of carbonyl (C=O) groups is 1. The van der Waals surface area contributed by atoms with E-state index >= 15 is 0 Å². The van der Waals surface area contributed by atoms with Gasteiger partial charge in [-0.15, -0.1) is 0 Å². The highest BCUT2D eigenvalue weighted by Crippen LogP contribution is 2.40. The minimum absolute atomic E-state index is 0.143. The fourth-order valence-corrected chi connectivity index (χ4v) is 3.84. The van der Waals surface area contributed by atoms with Gasteiger partial charge in [0, 0.05) is 36.1 Å². The molecule has 3 rings (SSSR count). The van der Waals surface area contributed by atoms with Crippen LogP contribution in [0.3, 0.4) is 0 Å². The molecule has 6 heteroatoms. The zero-order chi connectivity index (χ0) is 25.7. The number of pyridine rings is 1. The molecular weight excluding hydrogens is 428 g/mol. The van der Waals surface area contributed by atoms with Crippen molar-refractivity contribution in [1.82, 2.24) is 4.98 Å². The van der Waals surface area contributed by atoms with E-state index in [-0.39, 0.29) is 24.2 Å². The summed E-state index contributed by atoms with van der Waals surface area (Å²) in [6.45, 7) is 17.4. The third kappa shape index (κ3) is 8.64. The molecule has 34 heavy (non-hydrogen) atoms.